The third-order valence-corrected chi connectivity index (χ3v) is 4.13. The fourth-order valence-corrected chi connectivity index (χ4v) is 2.80. The SMILES string of the molecule is O=C(COC(=O)c1cc(F)c(F)c(F)c1F)NC1CCCCCCC1. The van der Waals surface area contributed by atoms with Gasteiger partial charge in [-0.2, -0.15) is 0 Å². The standard InChI is InChI=1S/C17H19F4NO3/c18-12-8-11(14(19)16(21)15(12)20)17(24)25-9-13(23)22-10-6-4-2-1-3-5-7-10/h8,10H,1-7,9H2,(H,22,23). The second-order valence-electron chi connectivity index (χ2n) is 6.03. The van der Waals surface area contributed by atoms with Gasteiger partial charge in [0.15, 0.2) is 29.9 Å². The maximum Gasteiger partial charge on any atom is 0.341 e. The van der Waals surface area contributed by atoms with Crippen molar-refractivity contribution in [2.24, 2.45) is 0 Å². The van der Waals surface area contributed by atoms with E-state index in [-0.39, 0.29) is 12.1 Å². The normalized spacial score (nSPS) is 16.0. The molecule has 138 valence electrons. The molecular weight excluding hydrogens is 342 g/mol. The van der Waals surface area contributed by atoms with E-state index in [0.717, 1.165) is 38.5 Å². The first-order valence-corrected chi connectivity index (χ1v) is 8.19. The molecule has 1 aromatic carbocycles. The van der Waals surface area contributed by atoms with Crippen molar-refractivity contribution in [2.45, 2.75) is 51.0 Å². The first-order valence-electron chi connectivity index (χ1n) is 8.19. The fourth-order valence-electron chi connectivity index (χ4n) is 2.80. The maximum absolute atomic E-state index is 13.5. The zero-order chi connectivity index (χ0) is 18.4. The van der Waals surface area contributed by atoms with Crippen LogP contribution in [-0.4, -0.2) is 24.5 Å². The molecule has 1 saturated carbocycles. The summed E-state index contributed by atoms with van der Waals surface area (Å²) in [5.41, 5.74) is -1.10. The lowest BCUT2D eigenvalue weighted by molar-refractivity contribution is -0.125. The zero-order valence-corrected chi connectivity index (χ0v) is 13.5. The zero-order valence-electron chi connectivity index (χ0n) is 13.5. The molecule has 1 amide bonds. The highest BCUT2D eigenvalue weighted by molar-refractivity contribution is 5.91. The summed E-state index contributed by atoms with van der Waals surface area (Å²) in [6.07, 6.45) is 7.00. The Labute approximate surface area is 142 Å². The molecule has 4 nitrogen and oxygen atoms in total. The van der Waals surface area contributed by atoms with Gasteiger partial charge in [-0.3, -0.25) is 4.79 Å². The molecule has 1 N–H and O–H groups in total. The van der Waals surface area contributed by atoms with Gasteiger partial charge in [0, 0.05) is 6.04 Å². The van der Waals surface area contributed by atoms with Crippen LogP contribution in [0, 0.1) is 23.3 Å². The van der Waals surface area contributed by atoms with Crippen LogP contribution in [0.15, 0.2) is 6.07 Å². The van der Waals surface area contributed by atoms with Gasteiger partial charge >= 0.3 is 5.97 Å². The van der Waals surface area contributed by atoms with Crippen LogP contribution < -0.4 is 5.32 Å². The third kappa shape index (κ3) is 5.17. The molecule has 25 heavy (non-hydrogen) atoms. The number of amides is 1. The van der Waals surface area contributed by atoms with E-state index in [1.54, 1.807) is 0 Å². The lowest BCUT2D eigenvalue weighted by Gasteiger charge is -2.20. The van der Waals surface area contributed by atoms with Crippen molar-refractivity contribution in [3.8, 4) is 0 Å². The van der Waals surface area contributed by atoms with Crippen LogP contribution in [0.4, 0.5) is 17.6 Å². The molecular formula is C17H19F4NO3. The average molecular weight is 361 g/mol. The van der Waals surface area contributed by atoms with E-state index in [1.165, 1.54) is 6.42 Å². The molecule has 1 aliphatic rings. The van der Waals surface area contributed by atoms with E-state index < -0.39 is 47.3 Å². The number of carbonyl (C=O) groups excluding carboxylic acids is 2. The van der Waals surface area contributed by atoms with Crippen molar-refractivity contribution in [3.05, 3.63) is 34.9 Å². The highest BCUT2D eigenvalue weighted by Gasteiger charge is 2.24. The summed E-state index contributed by atoms with van der Waals surface area (Å²) in [6, 6.07) is 0.173. The van der Waals surface area contributed by atoms with Crippen LogP contribution in [0.3, 0.4) is 0 Å². The number of ether oxygens (including phenoxy) is 1. The van der Waals surface area contributed by atoms with Crippen LogP contribution in [0.5, 0.6) is 0 Å². The topological polar surface area (TPSA) is 55.4 Å². The number of nitrogens with one attached hydrogen (secondary N) is 1. The molecule has 0 aliphatic heterocycles. The Kier molecular flexibility index (Phi) is 6.78. The first-order chi connectivity index (χ1) is 11.9. The molecule has 2 rings (SSSR count). The number of rotatable bonds is 4. The second kappa shape index (κ2) is 8.82. The monoisotopic (exact) mass is 361 g/mol. The summed E-state index contributed by atoms with van der Waals surface area (Å²) < 4.78 is 57.1. The second-order valence-corrected chi connectivity index (χ2v) is 6.03. The molecule has 0 saturated heterocycles. The predicted octanol–water partition coefficient (Wildman–Crippen LogP) is 3.63. The third-order valence-electron chi connectivity index (χ3n) is 4.13. The maximum atomic E-state index is 13.5. The predicted molar refractivity (Wildman–Crippen MR) is 80.8 cm³/mol. The minimum absolute atomic E-state index is 0.0241. The van der Waals surface area contributed by atoms with Crippen LogP contribution in [0.25, 0.3) is 0 Å². The van der Waals surface area contributed by atoms with Crippen molar-refractivity contribution in [1.29, 1.82) is 0 Å². The van der Waals surface area contributed by atoms with Gasteiger partial charge in [0.1, 0.15) is 5.56 Å². The fraction of sp³-hybridized carbons (Fsp3) is 0.529. The lowest BCUT2D eigenvalue weighted by Crippen LogP contribution is -2.38. The summed E-state index contributed by atoms with van der Waals surface area (Å²) in [4.78, 5) is 23.5. The van der Waals surface area contributed by atoms with E-state index in [1.807, 2.05) is 0 Å². The molecule has 0 unspecified atom stereocenters. The van der Waals surface area contributed by atoms with Crippen molar-refractivity contribution in [2.75, 3.05) is 6.61 Å². The van der Waals surface area contributed by atoms with Crippen molar-refractivity contribution in [3.63, 3.8) is 0 Å². The van der Waals surface area contributed by atoms with Gasteiger partial charge in [0.05, 0.1) is 0 Å². The van der Waals surface area contributed by atoms with E-state index in [9.17, 15) is 27.2 Å². The molecule has 1 fully saturated rings. The van der Waals surface area contributed by atoms with E-state index in [4.69, 9.17) is 0 Å². The number of hydrogen-bond acceptors (Lipinski definition) is 3. The molecule has 8 heteroatoms. The van der Waals surface area contributed by atoms with Crippen LogP contribution in [0.1, 0.15) is 55.3 Å². The van der Waals surface area contributed by atoms with Crippen LogP contribution in [-0.2, 0) is 9.53 Å². The number of esters is 1. The highest BCUT2D eigenvalue weighted by atomic mass is 19.2. The summed E-state index contributed by atoms with van der Waals surface area (Å²) in [6.45, 7) is -0.713. The Balaban J connectivity index is 1.90. The van der Waals surface area contributed by atoms with Gasteiger partial charge in [0.25, 0.3) is 5.91 Å². The van der Waals surface area contributed by atoms with Gasteiger partial charge < -0.3 is 10.1 Å². The van der Waals surface area contributed by atoms with Crippen molar-refractivity contribution < 1.29 is 31.9 Å². The quantitative estimate of drug-likeness (QED) is 0.386. The van der Waals surface area contributed by atoms with Gasteiger partial charge in [-0.05, 0) is 18.9 Å². The smallest absolute Gasteiger partial charge is 0.341 e. The first kappa shape index (κ1) is 19.2. The summed E-state index contributed by atoms with van der Waals surface area (Å²) in [5, 5.41) is 2.72. The summed E-state index contributed by atoms with van der Waals surface area (Å²) in [5.74, 6) is -9.72. The van der Waals surface area contributed by atoms with Crippen LogP contribution >= 0.6 is 0 Å². The molecule has 0 atom stereocenters. The number of halogens is 4. The Morgan fingerprint density at radius 1 is 0.960 bits per heavy atom. The van der Waals surface area contributed by atoms with E-state index in [2.05, 4.69) is 10.1 Å². The Hall–Kier alpha value is -2.12. The molecule has 0 radical (unpaired) electrons. The van der Waals surface area contributed by atoms with Gasteiger partial charge in [0.2, 0.25) is 0 Å². The lowest BCUT2D eigenvalue weighted by atomic mass is 9.97. The number of hydrogen-bond donors (Lipinski definition) is 1. The van der Waals surface area contributed by atoms with Gasteiger partial charge in [-0.25, -0.2) is 22.4 Å². The number of carbonyl (C=O) groups is 2. The molecule has 1 aliphatic carbocycles. The van der Waals surface area contributed by atoms with Gasteiger partial charge in [-0.15, -0.1) is 0 Å². The molecule has 1 aromatic rings. The van der Waals surface area contributed by atoms with Crippen molar-refractivity contribution in [1.82, 2.24) is 5.32 Å². The molecule has 0 heterocycles. The van der Waals surface area contributed by atoms with Crippen LogP contribution in [0.2, 0.25) is 0 Å². The minimum atomic E-state index is -2.11. The van der Waals surface area contributed by atoms with Gasteiger partial charge in [-0.1, -0.05) is 32.1 Å². The molecule has 0 bridgehead atoms. The largest absolute Gasteiger partial charge is 0.452 e. The average Bonchev–Trinajstić information content (AvgIpc) is 2.56. The summed E-state index contributed by atoms with van der Waals surface area (Å²) in [7, 11) is 0. The highest BCUT2D eigenvalue weighted by Crippen LogP contribution is 2.20. The Bertz CT molecular complexity index is 643. The number of benzene rings is 1. The minimum Gasteiger partial charge on any atom is -0.452 e. The van der Waals surface area contributed by atoms with Crippen molar-refractivity contribution >= 4 is 11.9 Å². The van der Waals surface area contributed by atoms with E-state index in [0.29, 0.717) is 0 Å². The molecule has 0 aromatic heterocycles. The van der Waals surface area contributed by atoms with E-state index >= 15 is 0 Å². The Morgan fingerprint density at radius 3 is 2.20 bits per heavy atom. The Morgan fingerprint density at radius 2 is 1.56 bits per heavy atom. The summed E-state index contributed by atoms with van der Waals surface area (Å²) >= 11 is 0. The molecule has 0 spiro atoms.